The summed E-state index contributed by atoms with van der Waals surface area (Å²) in [5, 5.41) is 9.68. The molecule has 1 N–H and O–H groups in total. The van der Waals surface area contributed by atoms with Crippen molar-refractivity contribution in [2.24, 2.45) is 0 Å². The summed E-state index contributed by atoms with van der Waals surface area (Å²) in [6.45, 7) is 0.124. The molecule has 5 heteroatoms. The molecule has 0 saturated heterocycles. The number of carbonyl (C=O) groups is 2. The summed E-state index contributed by atoms with van der Waals surface area (Å²) in [5.74, 6) is -1.92. The number of benzene rings is 2. The normalized spacial score (nSPS) is 16.6. The van der Waals surface area contributed by atoms with Crippen LogP contribution in [0.5, 0.6) is 0 Å². The number of carboxylic acids is 1. The summed E-state index contributed by atoms with van der Waals surface area (Å²) in [6, 6.07) is 13.8. The summed E-state index contributed by atoms with van der Waals surface area (Å²) in [7, 11) is 0. The molecule has 1 unspecified atom stereocenters. The molecule has 106 valence electrons. The lowest BCUT2D eigenvalue weighted by molar-refractivity contribution is -0.138. The molecule has 2 aromatic rings. The number of hydrogen-bond acceptors (Lipinski definition) is 2. The summed E-state index contributed by atoms with van der Waals surface area (Å²) in [5.41, 5.74) is 1.67. The van der Waals surface area contributed by atoms with Crippen molar-refractivity contribution in [3.8, 4) is 0 Å². The Morgan fingerprint density at radius 3 is 2.48 bits per heavy atom. The minimum Gasteiger partial charge on any atom is -0.481 e. The van der Waals surface area contributed by atoms with Gasteiger partial charge in [-0.3, -0.25) is 9.59 Å². The van der Waals surface area contributed by atoms with E-state index in [0.717, 1.165) is 0 Å². The Balaban J connectivity index is 2.03. The summed E-state index contributed by atoms with van der Waals surface area (Å²) < 4.78 is 0. The van der Waals surface area contributed by atoms with Crippen molar-refractivity contribution in [1.82, 2.24) is 0 Å². The summed E-state index contributed by atoms with van der Waals surface area (Å²) in [4.78, 5) is 25.5. The highest BCUT2D eigenvalue weighted by molar-refractivity contribution is 6.34. The van der Waals surface area contributed by atoms with Gasteiger partial charge in [-0.1, -0.05) is 41.9 Å². The Bertz CT molecular complexity index is 729. The SMILES string of the molecule is O=C(O)C1CN(C(=O)c2ccccc2Cl)c2ccccc21. The summed E-state index contributed by atoms with van der Waals surface area (Å²) in [6.07, 6.45) is 0. The van der Waals surface area contributed by atoms with Crippen LogP contribution in [0.25, 0.3) is 0 Å². The van der Waals surface area contributed by atoms with Crippen molar-refractivity contribution in [1.29, 1.82) is 0 Å². The van der Waals surface area contributed by atoms with Gasteiger partial charge in [0.15, 0.2) is 0 Å². The molecule has 0 fully saturated rings. The Labute approximate surface area is 126 Å². The van der Waals surface area contributed by atoms with Gasteiger partial charge in [0.1, 0.15) is 5.92 Å². The molecular formula is C16H12ClNO3. The smallest absolute Gasteiger partial charge is 0.312 e. The van der Waals surface area contributed by atoms with Gasteiger partial charge in [-0.25, -0.2) is 0 Å². The third kappa shape index (κ3) is 2.28. The largest absolute Gasteiger partial charge is 0.481 e. The van der Waals surface area contributed by atoms with Crippen LogP contribution in [0.2, 0.25) is 5.02 Å². The van der Waals surface area contributed by atoms with E-state index < -0.39 is 11.9 Å². The number of carboxylic acid groups (broad SMARTS) is 1. The molecule has 0 radical (unpaired) electrons. The van der Waals surface area contributed by atoms with Gasteiger partial charge in [0.2, 0.25) is 0 Å². The van der Waals surface area contributed by atoms with Gasteiger partial charge in [-0.05, 0) is 23.8 Å². The van der Waals surface area contributed by atoms with E-state index in [1.807, 2.05) is 0 Å². The third-order valence-corrected chi connectivity index (χ3v) is 3.95. The minimum atomic E-state index is -0.933. The fraction of sp³-hybridized carbons (Fsp3) is 0.125. The molecule has 0 bridgehead atoms. The standard InChI is InChI=1S/C16H12ClNO3/c17-13-7-3-1-6-11(13)15(19)18-9-12(16(20)21)10-5-2-4-8-14(10)18/h1-8,12H,9H2,(H,20,21). The number of carbonyl (C=O) groups excluding carboxylic acids is 1. The minimum absolute atomic E-state index is 0.124. The van der Waals surface area contributed by atoms with Crippen molar-refractivity contribution >= 4 is 29.2 Å². The molecule has 0 aromatic heterocycles. The van der Waals surface area contributed by atoms with E-state index in [0.29, 0.717) is 21.8 Å². The lowest BCUT2D eigenvalue weighted by atomic mass is 10.0. The van der Waals surface area contributed by atoms with E-state index in [1.54, 1.807) is 48.5 Å². The van der Waals surface area contributed by atoms with Gasteiger partial charge >= 0.3 is 5.97 Å². The molecular weight excluding hydrogens is 290 g/mol. The Morgan fingerprint density at radius 2 is 1.76 bits per heavy atom. The average Bonchev–Trinajstić information content (AvgIpc) is 2.87. The second kappa shape index (κ2) is 5.22. The van der Waals surface area contributed by atoms with Crippen LogP contribution in [0, 0.1) is 0 Å². The lowest BCUT2D eigenvalue weighted by Crippen LogP contribution is -2.31. The van der Waals surface area contributed by atoms with Crippen molar-refractivity contribution in [2.75, 3.05) is 11.4 Å². The molecule has 1 heterocycles. The van der Waals surface area contributed by atoms with E-state index in [1.165, 1.54) is 4.90 Å². The van der Waals surface area contributed by atoms with E-state index in [4.69, 9.17) is 11.6 Å². The van der Waals surface area contributed by atoms with Gasteiger partial charge in [0, 0.05) is 12.2 Å². The first-order valence-electron chi connectivity index (χ1n) is 6.47. The highest BCUT2D eigenvalue weighted by atomic mass is 35.5. The van der Waals surface area contributed by atoms with Gasteiger partial charge in [-0.15, -0.1) is 0 Å². The number of amides is 1. The van der Waals surface area contributed by atoms with E-state index >= 15 is 0 Å². The number of halogens is 1. The zero-order chi connectivity index (χ0) is 15.0. The first kappa shape index (κ1) is 13.6. The Hall–Kier alpha value is -2.33. The average molecular weight is 302 g/mol. The number of fused-ring (bicyclic) bond motifs is 1. The molecule has 1 atom stereocenters. The van der Waals surface area contributed by atoms with Gasteiger partial charge in [0.05, 0.1) is 10.6 Å². The highest BCUT2D eigenvalue weighted by Crippen LogP contribution is 2.37. The van der Waals surface area contributed by atoms with Crippen LogP contribution in [-0.4, -0.2) is 23.5 Å². The topological polar surface area (TPSA) is 57.6 Å². The first-order chi connectivity index (χ1) is 10.1. The molecule has 1 amide bonds. The molecule has 1 aliphatic heterocycles. The van der Waals surface area contributed by atoms with Crippen molar-refractivity contribution < 1.29 is 14.7 Å². The zero-order valence-corrected chi connectivity index (χ0v) is 11.7. The van der Waals surface area contributed by atoms with Gasteiger partial charge in [-0.2, -0.15) is 0 Å². The molecule has 21 heavy (non-hydrogen) atoms. The first-order valence-corrected chi connectivity index (χ1v) is 6.85. The monoisotopic (exact) mass is 301 g/mol. The molecule has 0 saturated carbocycles. The van der Waals surface area contributed by atoms with Crippen LogP contribution < -0.4 is 4.90 Å². The Kier molecular flexibility index (Phi) is 3.39. The van der Waals surface area contributed by atoms with Crippen molar-refractivity contribution in [3.63, 3.8) is 0 Å². The molecule has 0 spiro atoms. The number of aliphatic carboxylic acids is 1. The molecule has 0 aliphatic carbocycles. The number of rotatable bonds is 2. The fourth-order valence-corrected chi connectivity index (χ4v) is 2.81. The van der Waals surface area contributed by atoms with Crippen LogP contribution in [0.1, 0.15) is 21.8 Å². The zero-order valence-electron chi connectivity index (χ0n) is 11.0. The second-order valence-corrected chi connectivity index (χ2v) is 5.25. The maximum Gasteiger partial charge on any atom is 0.312 e. The Morgan fingerprint density at radius 1 is 1.10 bits per heavy atom. The molecule has 4 nitrogen and oxygen atoms in total. The summed E-state index contributed by atoms with van der Waals surface area (Å²) >= 11 is 6.06. The molecule has 3 rings (SSSR count). The molecule has 2 aromatic carbocycles. The number of hydrogen-bond donors (Lipinski definition) is 1. The second-order valence-electron chi connectivity index (χ2n) is 4.85. The maximum absolute atomic E-state index is 12.6. The highest BCUT2D eigenvalue weighted by Gasteiger charge is 2.36. The number of nitrogens with zero attached hydrogens (tertiary/aromatic N) is 1. The van der Waals surface area contributed by atoms with Crippen LogP contribution in [0.4, 0.5) is 5.69 Å². The third-order valence-electron chi connectivity index (χ3n) is 3.62. The van der Waals surface area contributed by atoms with Crippen LogP contribution in [-0.2, 0) is 4.79 Å². The van der Waals surface area contributed by atoms with E-state index in [-0.39, 0.29) is 12.5 Å². The van der Waals surface area contributed by atoms with Crippen LogP contribution in [0.15, 0.2) is 48.5 Å². The van der Waals surface area contributed by atoms with Crippen molar-refractivity contribution in [2.45, 2.75) is 5.92 Å². The fourth-order valence-electron chi connectivity index (χ4n) is 2.59. The van der Waals surface area contributed by atoms with Crippen molar-refractivity contribution in [3.05, 3.63) is 64.7 Å². The van der Waals surface area contributed by atoms with E-state index in [2.05, 4.69) is 0 Å². The predicted octanol–water partition coefficient (Wildman–Crippen LogP) is 3.17. The van der Waals surface area contributed by atoms with E-state index in [9.17, 15) is 14.7 Å². The number of anilines is 1. The molecule has 1 aliphatic rings. The quantitative estimate of drug-likeness (QED) is 0.927. The maximum atomic E-state index is 12.6. The van der Waals surface area contributed by atoms with Gasteiger partial charge < -0.3 is 10.0 Å². The van der Waals surface area contributed by atoms with Crippen LogP contribution in [0.3, 0.4) is 0 Å². The number of para-hydroxylation sites is 1. The van der Waals surface area contributed by atoms with Crippen LogP contribution >= 0.6 is 11.6 Å². The lowest BCUT2D eigenvalue weighted by Gasteiger charge is -2.18. The van der Waals surface area contributed by atoms with Gasteiger partial charge in [0.25, 0.3) is 5.91 Å². The predicted molar refractivity (Wildman–Crippen MR) is 79.9 cm³/mol.